The number of carboxylic acids is 1. The quantitative estimate of drug-likeness (QED) is 0.307. The van der Waals surface area contributed by atoms with E-state index in [0.29, 0.717) is 17.0 Å². The van der Waals surface area contributed by atoms with Gasteiger partial charge in [0.2, 0.25) is 5.91 Å². The zero-order chi connectivity index (χ0) is 27.4. The van der Waals surface area contributed by atoms with E-state index >= 15 is 0 Å². The van der Waals surface area contributed by atoms with E-state index in [-0.39, 0.29) is 17.1 Å². The Morgan fingerprint density at radius 3 is 2.45 bits per heavy atom. The molecule has 1 aliphatic heterocycles. The van der Waals surface area contributed by atoms with Crippen LogP contribution in [0.2, 0.25) is 0 Å². The Labute approximate surface area is 231 Å². The molecule has 2 N–H and O–H groups in total. The zero-order valence-corrected chi connectivity index (χ0v) is 22.9. The number of benzene rings is 3. The Hall–Kier alpha value is -3.89. The molecule has 4 rings (SSSR count). The fraction of sp³-hybridized carbons (Fsp3) is 0.143. The van der Waals surface area contributed by atoms with Crippen molar-refractivity contribution in [2.24, 2.45) is 0 Å². The van der Waals surface area contributed by atoms with Crippen LogP contribution in [0.4, 0.5) is 10.5 Å². The first-order valence-electron chi connectivity index (χ1n) is 11.5. The van der Waals surface area contributed by atoms with Crippen molar-refractivity contribution < 1.29 is 29.0 Å². The van der Waals surface area contributed by atoms with Crippen LogP contribution in [-0.2, 0) is 16.2 Å². The minimum Gasteiger partial charge on any atom is -0.488 e. The molecule has 1 heterocycles. The van der Waals surface area contributed by atoms with Crippen LogP contribution in [-0.4, -0.2) is 39.6 Å². The summed E-state index contributed by atoms with van der Waals surface area (Å²) in [6.07, 6.45) is 1.56. The van der Waals surface area contributed by atoms with Crippen molar-refractivity contribution in [2.45, 2.75) is 20.5 Å². The lowest BCUT2D eigenvalue weighted by Crippen LogP contribution is -2.36. The maximum atomic E-state index is 13.0. The molecule has 1 saturated heterocycles. The Kier molecular flexibility index (Phi) is 8.33. The molecule has 3 aromatic carbocycles. The second-order valence-corrected chi connectivity index (χ2v) is 10.5. The maximum absolute atomic E-state index is 13.0. The number of carboxylic acid groups (broad SMARTS) is 1. The second-order valence-electron chi connectivity index (χ2n) is 8.59. The minimum absolute atomic E-state index is 0.169. The van der Waals surface area contributed by atoms with Crippen LogP contribution in [0, 0.1) is 13.8 Å². The van der Waals surface area contributed by atoms with Gasteiger partial charge in [0.05, 0.1) is 10.5 Å². The lowest BCUT2D eigenvalue weighted by atomic mass is 10.1. The van der Waals surface area contributed by atoms with E-state index in [4.69, 9.17) is 9.84 Å². The number of carbonyl (C=O) groups excluding carboxylic acids is 3. The summed E-state index contributed by atoms with van der Waals surface area (Å²) in [6.45, 7) is 3.67. The first kappa shape index (κ1) is 27.2. The molecule has 10 heteroatoms. The van der Waals surface area contributed by atoms with Crippen molar-refractivity contribution in [1.82, 2.24) is 4.90 Å². The molecule has 3 aromatic rings. The fourth-order valence-corrected chi connectivity index (χ4v) is 4.82. The van der Waals surface area contributed by atoms with Gasteiger partial charge in [-0.25, -0.2) is 4.79 Å². The van der Waals surface area contributed by atoms with E-state index in [1.165, 1.54) is 12.1 Å². The molecule has 0 saturated carbocycles. The van der Waals surface area contributed by atoms with Gasteiger partial charge in [0, 0.05) is 15.7 Å². The summed E-state index contributed by atoms with van der Waals surface area (Å²) in [5.74, 6) is -1.58. The molecule has 0 aliphatic carbocycles. The molecule has 0 bridgehead atoms. The zero-order valence-electron chi connectivity index (χ0n) is 20.5. The Morgan fingerprint density at radius 2 is 1.76 bits per heavy atom. The third-order valence-corrected chi connectivity index (χ3v) is 7.22. The van der Waals surface area contributed by atoms with E-state index in [1.807, 2.05) is 26.0 Å². The predicted octanol–water partition coefficient (Wildman–Crippen LogP) is 6.02. The summed E-state index contributed by atoms with van der Waals surface area (Å²) in [5, 5.41) is 11.2. The van der Waals surface area contributed by atoms with Crippen LogP contribution in [0.15, 0.2) is 70.0 Å². The lowest BCUT2D eigenvalue weighted by Gasteiger charge is -2.13. The predicted molar refractivity (Wildman–Crippen MR) is 149 cm³/mol. The average molecular weight is 595 g/mol. The van der Waals surface area contributed by atoms with Gasteiger partial charge in [0.1, 0.15) is 18.9 Å². The maximum Gasteiger partial charge on any atom is 0.335 e. The number of aryl methyl sites for hydroxylation is 2. The molecule has 0 aromatic heterocycles. The number of hydrogen-bond donors (Lipinski definition) is 2. The van der Waals surface area contributed by atoms with Crippen LogP contribution >= 0.6 is 27.7 Å². The highest BCUT2D eigenvalue weighted by Crippen LogP contribution is 2.35. The smallest absolute Gasteiger partial charge is 0.335 e. The number of hydrogen-bond acceptors (Lipinski definition) is 6. The van der Waals surface area contributed by atoms with E-state index in [9.17, 15) is 19.2 Å². The van der Waals surface area contributed by atoms with Crippen molar-refractivity contribution in [1.29, 1.82) is 0 Å². The van der Waals surface area contributed by atoms with Crippen LogP contribution < -0.4 is 10.1 Å². The number of aromatic carboxylic acids is 1. The van der Waals surface area contributed by atoms with Crippen molar-refractivity contribution in [3.63, 3.8) is 0 Å². The standard InChI is InChI=1S/C28H23BrN2O6S/c1-16-3-9-22(11-17(16)2)30-25(32)14-31-26(33)24(38-28(31)36)13-20-12-21(29)8-10-23(20)37-15-18-4-6-19(7-5-18)27(34)35/h3-13H,14-15H2,1-2H3,(H,30,32)(H,34,35). The van der Waals surface area contributed by atoms with Gasteiger partial charge in [-0.05, 0) is 90.8 Å². The van der Waals surface area contributed by atoms with Gasteiger partial charge in [-0.15, -0.1) is 0 Å². The highest BCUT2D eigenvalue weighted by atomic mass is 79.9. The van der Waals surface area contributed by atoms with Gasteiger partial charge in [-0.1, -0.05) is 34.1 Å². The van der Waals surface area contributed by atoms with Gasteiger partial charge in [0.15, 0.2) is 0 Å². The molecule has 0 spiro atoms. The Bertz CT molecular complexity index is 1470. The number of ether oxygens (including phenoxy) is 1. The molecule has 8 nitrogen and oxygen atoms in total. The molecule has 1 aliphatic rings. The number of nitrogens with one attached hydrogen (secondary N) is 1. The largest absolute Gasteiger partial charge is 0.488 e. The van der Waals surface area contributed by atoms with E-state index in [0.717, 1.165) is 37.8 Å². The van der Waals surface area contributed by atoms with Crippen LogP contribution in [0.3, 0.4) is 0 Å². The molecule has 1 fully saturated rings. The highest BCUT2D eigenvalue weighted by molar-refractivity contribution is 9.10. The van der Waals surface area contributed by atoms with Crippen molar-refractivity contribution in [2.75, 3.05) is 11.9 Å². The van der Waals surface area contributed by atoms with Crippen LogP contribution in [0.1, 0.15) is 32.6 Å². The SMILES string of the molecule is Cc1ccc(NC(=O)CN2C(=O)SC(=Cc3cc(Br)ccc3OCc3ccc(C(=O)O)cc3)C2=O)cc1C. The van der Waals surface area contributed by atoms with Gasteiger partial charge in [-0.3, -0.25) is 19.3 Å². The van der Waals surface area contributed by atoms with Gasteiger partial charge in [0.25, 0.3) is 11.1 Å². The monoisotopic (exact) mass is 594 g/mol. The lowest BCUT2D eigenvalue weighted by molar-refractivity contribution is -0.127. The first-order valence-corrected chi connectivity index (χ1v) is 13.1. The normalized spacial score (nSPS) is 14.2. The number of nitrogens with zero attached hydrogens (tertiary/aromatic N) is 1. The number of imide groups is 1. The van der Waals surface area contributed by atoms with Crippen LogP contribution in [0.5, 0.6) is 5.75 Å². The number of anilines is 1. The minimum atomic E-state index is -1.01. The highest BCUT2D eigenvalue weighted by Gasteiger charge is 2.36. The molecular formula is C28H23BrN2O6S. The average Bonchev–Trinajstić information content (AvgIpc) is 3.13. The molecular weight excluding hydrogens is 572 g/mol. The second kappa shape index (κ2) is 11.7. The van der Waals surface area contributed by atoms with Gasteiger partial charge in [-0.2, -0.15) is 0 Å². The van der Waals surface area contributed by atoms with Crippen molar-refractivity contribution in [3.8, 4) is 5.75 Å². The Balaban J connectivity index is 1.46. The molecule has 0 unspecified atom stereocenters. The number of amides is 3. The fourth-order valence-electron chi connectivity index (χ4n) is 3.61. The summed E-state index contributed by atoms with van der Waals surface area (Å²) >= 11 is 4.17. The number of halogens is 1. The molecule has 38 heavy (non-hydrogen) atoms. The number of carbonyl (C=O) groups is 4. The number of rotatable bonds is 8. The van der Waals surface area contributed by atoms with Crippen molar-refractivity contribution >= 4 is 62.5 Å². The van der Waals surface area contributed by atoms with E-state index in [1.54, 1.807) is 42.5 Å². The first-order chi connectivity index (χ1) is 18.1. The summed E-state index contributed by atoms with van der Waals surface area (Å²) < 4.78 is 6.68. The van der Waals surface area contributed by atoms with Crippen LogP contribution in [0.25, 0.3) is 6.08 Å². The molecule has 0 atom stereocenters. The van der Waals surface area contributed by atoms with Crippen molar-refractivity contribution in [3.05, 3.63) is 97.9 Å². The number of thioether (sulfide) groups is 1. The van der Waals surface area contributed by atoms with Gasteiger partial charge >= 0.3 is 5.97 Å². The molecule has 0 radical (unpaired) electrons. The summed E-state index contributed by atoms with van der Waals surface area (Å²) in [4.78, 5) is 50.3. The summed E-state index contributed by atoms with van der Waals surface area (Å²) in [7, 11) is 0. The van der Waals surface area contributed by atoms with E-state index < -0.39 is 29.6 Å². The van der Waals surface area contributed by atoms with Gasteiger partial charge < -0.3 is 15.2 Å². The third-order valence-electron chi connectivity index (χ3n) is 5.82. The topological polar surface area (TPSA) is 113 Å². The summed E-state index contributed by atoms with van der Waals surface area (Å²) in [5.41, 5.74) is 4.20. The molecule has 3 amide bonds. The third kappa shape index (κ3) is 6.51. The Morgan fingerprint density at radius 1 is 1.03 bits per heavy atom. The molecule has 194 valence electrons. The summed E-state index contributed by atoms with van der Waals surface area (Å²) in [6, 6.07) is 17.1. The van der Waals surface area contributed by atoms with E-state index in [2.05, 4.69) is 21.2 Å².